The molecule has 6 nitrogen and oxygen atoms in total. The molecule has 3 atom stereocenters. The number of rotatable bonds is 4. The molecule has 27 heavy (non-hydrogen) atoms. The maximum Gasteiger partial charge on any atom is 0.281 e. The highest BCUT2D eigenvalue weighted by Gasteiger charge is 2.38. The average molecular weight is 395 g/mol. The Labute approximate surface area is 163 Å². The van der Waals surface area contributed by atoms with E-state index in [2.05, 4.69) is 18.7 Å². The molecule has 150 valence electrons. The lowest BCUT2D eigenvalue weighted by Crippen LogP contribution is -3.19. The summed E-state index contributed by atoms with van der Waals surface area (Å²) in [6, 6.07) is 9.04. The number of piperazine rings is 1. The summed E-state index contributed by atoms with van der Waals surface area (Å²) < 4.78 is 27.1. The Morgan fingerprint density at radius 2 is 1.63 bits per heavy atom. The normalized spacial score (nSPS) is 26.7. The number of carbonyl (C=O) groups excluding carboxylic acids is 1. The summed E-state index contributed by atoms with van der Waals surface area (Å²) in [5.41, 5.74) is 0. The second-order valence-electron chi connectivity index (χ2n) is 7.97. The molecule has 0 spiro atoms. The molecular weight excluding hydrogens is 362 g/mol. The number of hydrogen-bond donors (Lipinski definition) is 1. The summed E-state index contributed by atoms with van der Waals surface area (Å²) >= 11 is 0. The van der Waals surface area contributed by atoms with Crippen molar-refractivity contribution in [3.05, 3.63) is 30.3 Å². The molecule has 1 N–H and O–H groups in total. The van der Waals surface area contributed by atoms with Gasteiger partial charge in [-0.15, -0.1) is 0 Å². The number of piperidine rings is 1. The number of sulfonamides is 1. The molecule has 7 heteroatoms. The third-order valence-corrected chi connectivity index (χ3v) is 8.09. The van der Waals surface area contributed by atoms with Crippen molar-refractivity contribution in [1.82, 2.24) is 9.21 Å². The fraction of sp³-hybridized carbons (Fsp3) is 0.650. The van der Waals surface area contributed by atoms with Crippen LogP contribution in [0.5, 0.6) is 0 Å². The first kappa shape index (κ1) is 20.3. The van der Waals surface area contributed by atoms with Gasteiger partial charge >= 0.3 is 0 Å². The Bertz CT molecular complexity index is 735. The van der Waals surface area contributed by atoms with Crippen molar-refractivity contribution < 1.29 is 18.1 Å². The van der Waals surface area contributed by atoms with Crippen LogP contribution in [-0.2, 0) is 14.8 Å². The predicted molar refractivity (Wildman–Crippen MR) is 105 cm³/mol. The van der Waals surface area contributed by atoms with E-state index in [0.717, 1.165) is 12.8 Å². The zero-order valence-electron chi connectivity index (χ0n) is 16.6. The summed E-state index contributed by atoms with van der Waals surface area (Å²) in [6.07, 6.45) is 3.33. The fourth-order valence-corrected chi connectivity index (χ4v) is 5.90. The van der Waals surface area contributed by atoms with Crippen LogP contribution >= 0.6 is 0 Å². The first-order valence-corrected chi connectivity index (χ1v) is 11.5. The van der Waals surface area contributed by atoms with E-state index in [4.69, 9.17) is 0 Å². The van der Waals surface area contributed by atoms with Crippen molar-refractivity contribution in [2.45, 2.75) is 63.1 Å². The van der Waals surface area contributed by atoms with Gasteiger partial charge in [-0.3, -0.25) is 4.79 Å². The second-order valence-corrected chi connectivity index (χ2v) is 9.91. The number of nitrogens with zero attached hydrogens (tertiary/aromatic N) is 2. The van der Waals surface area contributed by atoms with Crippen molar-refractivity contribution in [2.24, 2.45) is 0 Å². The quantitative estimate of drug-likeness (QED) is 0.820. The summed E-state index contributed by atoms with van der Waals surface area (Å²) in [7, 11) is -3.44. The van der Waals surface area contributed by atoms with E-state index in [1.807, 2.05) is 13.0 Å². The van der Waals surface area contributed by atoms with Gasteiger partial charge in [0.2, 0.25) is 10.0 Å². The van der Waals surface area contributed by atoms with E-state index in [0.29, 0.717) is 43.2 Å². The van der Waals surface area contributed by atoms with Crippen molar-refractivity contribution in [3.8, 4) is 0 Å². The minimum Gasteiger partial charge on any atom is -0.332 e. The molecule has 1 amide bonds. The highest BCUT2D eigenvalue weighted by molar-refractivity contribution is 7.89. The molecule has 2 heterocycles. The Balaban J connectivity index is 1.62. The number of nitrogens with one attached hydrogen (secondary N) is 1. The topological polar surface area (TPSA) is 62.1 Å². The van der Waals surface area contributed by atoms with Gasteiger partial charge in [0.1, 0.15) is 0 Å². The monoisotopic (exact) mass is 394 g/mol. The Kier molecular flexibility index (Phi) is 6.23. The van der Waals surface area contributed by atoms with E-state index in [9.17, 15) is 13.2 Å². The number of benzene rings is 1. The van der Waals surface area contributed by atoms with Crippen molar-refractivity contribution >= 4 is 15.9 Å². The maximum atomic E-state index is 13.1. The number of amides is 1. The van der Waals surface area contributed by atoms with Gasteiger partial charge in [0.05, 0.1) is 31.1 Å². The van der Waals surface area contributed by atoms with Gasteiger partial charge in [-0.25, -0.2) is 8.42 Å². The van der Waals surface area contributed by atoms with Crippen molar-refractivity contribution in [2.75, 3.05) is 26.2 Å². The zero-order valence-corrected chi connectivity index (χ0v) is 17.4. The lowest BCUT2D eigenvalue weighted by Gasteiger charge is -2.42. The molecule has 0 aromatic heterocycles. The van der Waals surface area contributed by atoms with Crippen LogP contribution in [-0.4, -0.2) is 67.8 Å². The second kappa shape index (κ2) is 8.29. The highest BCUT2D eigenvalue weighted by atomic mass is 32.2. The maximum absolute atomic E-state index is 13.1. The van der Waals surface area contributed by atoms with Crippen molar-refractivity contribution in [3.63, 3.8) is 0 Å². The molecule has 0 saturated carbocycles. The average Bonchev–Trinajstić information content (AvgIpc) is 2.68. The summed E-state index contributed by atoms with van der Waals surface area (Å²) in [5, 5.41) is 0. The number of hydrogen-bond acceptors (Lipinski definition) is 3. The summed E-state index contributed by atoms with van der Waals surface area (Å²) in [5.74, 6) is 0.212. The third kappa shape index (κ3) is 4.20. The molecule has 3 rings (SSSR count). The minimum absolute atomic E-state index is 0.130. The lowest BCUT2D eigenvalue weighted by atomic mass is 9.96. The molecule has 1 aromatic rings. The van der Waals surface area contributed by atoms with Gasteiger partial charge in [0, 0.05) is 12.1 Å². The largest absolute Gasteiger partial charge is 0.332 e. The molecule has 0 aliphatic carbocycles. The molecule has 2 aliphatic rings. The molecule has 0 radical (unpaired) electrons. The van der Waals surface area contributed by atoms with E-state index < -0.39 is 10.0 Å². The summed E-state index contributed by atoms with van der Waals surface area (Å²) in [4.78, 5) is 16.7. The van der Waals surface area contributed by atoms with Gasteiger partial charge in [0.15, 0.2) is 6.04 Å². The molecule has 0 unspecified atom stereocenters. The van der Waals surface area contributed by atoms with Crippen LogP contribution in [0.4, 0.5) is 0 Å². The summed E-state index contributed by atoms with van der Waals surface area (Å²) in [6.45, 7) is 8.50. The molecule has 1 aromatic carbocycles. The fourth-order valence-electron chi connectivity index (χ4n) is 4.44. The molecule has 0 bridgehead atoms. The molecule has 2 aliphatic heterocycles. The van der Waals surface area contributed by atoms with E-state index in [-0.39, 0.29) is 11.9 Å². The van der Waals surface area contributed by atoms with Gasteiger partial charge in [-0.1, -0.05) is 18.2 Å². The third-order valence-electron chi connectivity index (χ3n) is 6.18. The van der Waals surface area contributed by atoms with Crippen LogP contribution in [0.2, 0.25) is 0 Å². The Morgan fingerprint density at radius 3 is 2.19 bits per heavy atom. The van der Waals surface area contributed by atoms with Crippen LogP contribution < -0.4 is 4.90 Å². The first-order valence-electron chi connectivity index (χ1n) is 10.0. The van der Waals surface area contributed by atoms with E-state index in [1.165, 1.54) is 11.3 Å². The number of quaternary nitrogens is 1. The van der Waals surface area contributed by atoms with Crippen molar-refractivity contribution in [1.29, 1.82) is 0 Å². The zero-order chi connectivity index (χ0) is 19.6. The minimum atomic E-state index is -3.44. The smallest absolute Gasteiger partial charge is 0.281 e. The standard InChI is InChI=1S/C20H31N3O3S/c1-16-8-7-9-17(2)23(16)20(24)18(3)21-12-14-22(15-13-21)27(25,26)19-10-5-4-6-11-19/h4-6,10-11,16-18H,7-9,12-15H2,1-3H3/p+1/t16-,17-,18-/m1/s1. The van der Waals surface area contributed by atoms with Crippen LogP contribution in [0.25, 0.3) is 0 Å². The van der Waals surface area contributed by atoms with Gasteiger partial charge < -0.3 is 9.80 Å². The predicted octanol–water partition coefficient (Wildman–Crippen LogP) is 0.754. The number of carbonyl (C=O) groups is 1. The van der Waals surface area contributed by atoms with E-state index >= 15 is 0 Å². The Morgan fingerprint density at radius 1 is 1.07 bits per heavy atom. The Hall–Kier alpha value is -1.44. The first-order chi connectivity index (χ1) is 12.8. The molecular formula is C20H32N3O3S+. The van der Waals surface area contributed by atoms with Crippen LogP contribution in [0.3, 0.4) is 0 Å². The number of likely N-dealkylation sites (tertiary alicyclic amines) is 1. The molecule has 2 fully saturated rings. The van der Waals surface area contributed by atoms with Gasteiger partial charge in [-0.2, -0.15) is 4.31 Å². The van der Waals surface area contributed by atoms with Crippen LogP contribution in [0.15, 0.2) is 35.2 Å². The lowest BCUT2D eigenvalue weighted by molar-refractivity contribution is -0.918. The van der Waals surface area contributed by atoms with Gasteiger partial charge in [-0.05, 0) is 52.2 Å². The van der Waals surface area contributed by atoms with Crippen LogP contribution in [0, 0.1) is 0 Å². The van der Waals surface area contributed by atoms with Gasteiger partial charge in [0.25, 0.3) is 5.91 Å². The van der Waals surface area contributed by atoms with Crippen LogP contribution in [0.1, 0.15) is 40.0 Å². The SMILES string of the molecule is C[C@@H]1CCC[C@@H](C)N1C(=O)[C@@H](C)[NH+]1CCN(S(=O)(=O)c2ccccc2)CC1. The highest BCUT2D eigenvalue weighted by Crippen LogP contribution is 2.23. The van der Waals surface area contributed by atoms with E-state index in [1.54, 1.807) is 28.6 Å². The molecule has 2 saturated heterocycles.